The predicted molar refractivity (Wildman–Crippen MR) is 72.0 cm³/mol. The lowest BCUT2D eigenvalue weighted by Gasteiger charge is -2.30. The summed E-state index contributed by atoms with van der Waals surface area (Å²) in [5.74, 6) is 0.620. The van der Waals surface area contributed by atoms with Crippen LogP contribution >= 0.6 is 12.6 Å². The zero-order chi connectivity index (χ0) is 13.8. The highest BCUT2D eigenvalue weighted by atomic mass is 32.1. The first-order valence-corrected chi connectivity index (χ1v) is 6.43. The van der Waals surface area contributed by atoms with E-state index in [1.807, 2.05) is 13.8 Å². The molecule has 18 heavy (non-hydrogen) atoms. The van der Waals surface area contributed by atoms with E-state index in [9.17, 15) is 14.9 Å². The average molecular weight is 271 g/mol. The van der Waals surface area contributed by atoms with Crippen molar-refractivity contribution in [2.24, 2.45) is 5.41 Å². The van der Waals surface area contributed by atoms with Crippen molar-refractivity contribution in [1.29, 1.82) is 0 Å². The van der Waals surface area contributed by atoms with Gasteiger partial charge in [-0.05, 0) is 24.0 Å². The van der Waals surface area contributed by atoms with Gasteiger partial charge in [-0.25, -0.2) is 4.79 Å². The van der Waals surface area contributed by atoms with E-state index in [0.29, 0.717) is 12.3 Å². The van der Waals surface area contributed by atoms with Gasteiger partial charge in [-0.1, -0.05) is 13.8 Å². The molecule has 1 heterocycles. The Labute approximate surface area is 111 Å². The molecule has 0 aliphatic carbocycles. The standard InChI is InChI=1S/C11H17N3O3S/c1-3-11(4-2,8-18)7-13-6-9(14(16)17)5-12-10(13)15/h5-6,18H,3-4,7-8H2,1-2H3. The first-order valence-electron chi connectivity index (χ1n) is 5.79. The van der Waals surface area contributed by atoms with Crippen LogP contribution in [0.2, 0.25) is 0 Å². The molecule has 6 nitrogen and oxygen atoms in total. The molecule has 0 atom stereocenters. The zero-order valence-electron chi connectivity index (χ0n) is 10.5. The van der Waals surface area contributed by atoms with Gasteiger partial charge in [0.2, 0.25) is 0 Å². The highest BCUT2D eigenvalue weighted by molar-refractivity contribution is 7.80. The largest absolute Gasteiger partial charge is 0.347 e. The van der Waals surface area contributed by atoms with Gasteiger partial charge in [-0.3, -0.25) is 14.7 Å². The van der Waals surface area contributed by atoms with Crippen molar-refractivity contribution in [3.05, 3.63) is 33.0 Å². The molecule has 1 aromatic rings. The van der Waals surface area contributed by atoms with E-state index in [4.69, 9.17) is 0 Å². The Morgan fingerprint density at radius 1 is 1.50 bits per heavy atom. The van der Waals surface area contributed by atoms with Crippen molar-refractivity contribution in [3.63, 3.8) is 0 Å². The maximum atomic E-state index is 11.6. The number of nitro groups is 1. The van der Waals surface area contributed by atoms with Crippen LogP contribution in [0, 0.1) is 15.5 Å². The van der Waals surface area contributed by atoms with Crippen molar-refractivity contribution < 1.29 is 4.92 Å². The third-order valence-corrected chi connectivity index (χ3v) is 4.06. The normalized spacial score (nSPS) is 11.5. The van der Waals surface area contributed by atoms with E-state index in [2.05, 4.69) is 17.6 Å². The second-order valence-electron chi connectivity index (χ2n) is 4.34. The fourth-order valence-electron chi connectivity index (χ4n) is 1.76. The molecule has 100 valence electrons. The molecule has 0 bridgehead atoms. The molecule has 0 aromatic carbocycles. The number of thiol groups is 1. The minimum atomic E-state index is -0.552. The Morgan fingerprint density at radius 2 is 2.11 bits per heavy atom. The zero-order valence-corrected chi connectivity index (χ0v) is 11.4. The summed E-state index contributed by atoms with van der Waals surface area (Å²) in [5.41, 5.74) is -0.771. The van der Waals surface area contributed by atoms with Crippen molar-refractivity contribution in [1.82, 2.24) is 9.55 Å². The third kappa shape index (κ3) is 3.10. The van der Waals surface area contributed by atoms with Gasteiger partial charge in [0.25, 0.3) is 0 Å². The molecule has 1 aromatic heterocycles. The van der Waals surface area contributed by atoms with E-state index in [0.717, 1.165) is 19.0 Å². The highest BCUT2D eigenvalue weighted by Crippen LogP contribution is 2.29. The summed E-state index contributed by atoms with van der Waals surface area (Å²) in [6, 6.07) is 0. The van der Waals surface area contributed by atoms with Crippen LogP contribution < -0.4 is 5.69 Å². The molecule has 0 aliphatic heterocycles. The van der Waals surface area contributed by atoms with E-state index in [1.54, 1.807) is 0 Å². The summed E-state index contributed by atoms with van der Waals surface area (Å²) in [6.07, 6.45) is 3.93. The lowest BCUT2D eigenvalue weighted by Crippen LogP contribution is -2.34. The lowest BCUT2D eigenvalue weighted by molar-refractivity contribution is -0.385. The van der Waals surface area contributed by atoms with Gasteiger partial charge < -0.3 is 0 Å². The summed E-state index contributed by atoms with van der Waals surface area (Å²) in [4.78, 5) is 25.3. The van der Waals surface area contributed by atoms with E-state index in [-0.39, 0.29) is 11.1 Å². The number of rotatable bonds is 6. The molecule has 0 unspecified atom stereocenters. The van der Waals surface area contributed by atoms with E-state index < -0.39 is 10.6 Å². The predicted octanol–water partition coefficient (Wildman–Crippen LogP) is 1.89. The van der Waals surface area contributed by atoms with Gasteiger partial charge in [0, 0.05) is 6.54 Å². The smallest absolute Gasteiger partial charge is 0.292 e. The first kappa shape index (κ1) is 14.7. The quantitative estimate of drug-likeness (QED) is 0.487. The lowest BCUT2D eigenvalue weighted by atomic mass is 9.84. The van der Waals surface area contributed by atoms with Crippen molar-refractivity contribution in [3.8, 4) is 0 Å². The van der Waals surface area contributed by atoms with Gasteiger partial charge in [-0.2, -0.15) is 17.6 Å². The van der Waals surface area contributed by atoms with Gasteiger partial charge in [0.15, 0.2) is 0 Å². The highest BCUT2D eigenvalue weighted by Gasteiger charge is 2.26. The molecule has 1 rings (SSSR count). The molecular formula is C11H17N3O3S. The molecule has 0 radical (unpaired) electrons. The maximum Gasteiger partial charge on any atom is 0.347 e. The van der Waals surface area contributed by atoms with Gasteiger partial charge in [0.1, 0.15) is 6.20 Å². The molecular weight excluding hydrogens is 254 g/mol. The topological polar surface area (TPSA) is 78.0 Å². The molecule has 0 spiro atoms. The Morgan fingerprint density at radius 3 is 2.56 bits per heavy atom. The number of aromatic nitrogens is 2. The molecule has 0 N–H and O–H groups in total. The van der Waals surface area contributed by atoms with Gasteiger partial charge in [0.05, 0.1) is 11.1 Å². The van der Waals surface area contributed by atoms with Crippen LogP contribution in [0.25, 0.3) is 0 Å². The molecule has 0 amide bonds. The fourth-order valence-corrected chi connectivity index (χ4v) is 2.31. The van der Waals surface area contributed by atoms with Crippen LogP contribution in [-0.2, 0) is 6.54 Å². The second-order valence-corrected chi connectivity index (χ2v) is 4.66. The fraction of sp³-hybridized carbons (Fsp3) is 0.636. The van der Waals surface area contributed by atoms with E-state index >= 15 is 0 Å². The van der Waals surface area contributed by atoms with Crippen LogP contribution in [-0.4, -0.2) is 20.2 Å². The molecule has 0 saturated heterocycles. The Bertz CT molecular complexity index is 474. The minimum absolute atomic E-state index is 0.135. The van der Waals surface area contributed by atoms with Crippen LogP contribution in [0.3, 0.4) is 0 Å². The van der Waals surface area contributed by atoms with Crippen LogP contribution in [0.4, 0.5) is 5.69 Å². The number of hydrogen-bond donors (Lipinski definition) is 1. The maximum absolute atomic E-state index is 11.6. The Balaban J connectivity index is 3.13. The molecule has 0 fully saturated rings. The monoisotopic (exact) mass is 271 g/mol. The van der Waals surface area contributed by atoms with Gasteiger partial charge >= 0.3 is 11.4 Å². The summed E-state index contributed by atoms with van der Waals surface area (Å²) in [6.45, 7) is 4.45. The third-order valence-electron chi connectivity index (χ3n) is 3.39. The number of hydrogen-bond acceptors (Lipinski definition) is 5. The van der Waals surface area contributed by atoms with Crippen molar-refractivity contribution in [2.45, 2.75) is 33.2 Å². The minimum Gasteiger partial charge on any atom is -0.292 e. The summed E-state index contributed by atoms with van der Waals surface area (Å²) in [5, 5.41) is 10.7. The molecule has 7 heteroatoms. The van der Waals surface area contributed by atoms with Crippen LogP contribution in [0.15, 0.2) is 17.2 Å². The second kappa shape index (κ2) is 5.99. The summed E-state index contributed by atoms with van der Waals surface area (Å²) in [7, 11) is 0. The Hall–Kier alpha value is -1.37. The summed E-state index contributed by atoms with van der Waals surface area (Å²) >= 11 is 4.32. The first-order chi connectivity index (χ1) is 8.48. The van der Waals surface area contributed by atoms with E-state index in [1.165, 1.54) is 10.8 Å². The SMILES string of the molecule is CCC(CC)(CS)Cn1cc([N+](=O)[O-])cnc1=O. The number of nitrogens with zero attached hydrogens (tertiary/aromatic N) is 3. The summed E-state index contributed by atoms with van der Waals surface area (Å²) < 4.78 is 1.31. The molecule has 0 saturated carbocycles. The average Bonchev–Trinajstić information content (AvgIpc) is 2.38. The van der Waals surface area contributed by atoms with Crippen molar-refractivity contribution in [2.75, 3.05) is 5.75 Å². The van der Waals surface area contributed by atoms with Crippen LogP contribution in [0.5, 0.6) is 0 Å². The Kier molecular flexibility index (Phi) is 4.89. The molecule has 0 aliphatic rings. The van der Waals surface area contributed by atoms with Crippen molar-refractivity contribution >= 4 is 18.3 Å². The van der Waals surface area contributed by atoms with Gasteiger partial charge in [-0.15, -0.1) is 0 Å². The van der Waals surface area contributed by atoms with Crippen LogP contribution in [0.1, 0.15) is 26.7 Å².